The van der Waals surface area contributed by atoms with Crippen LogP contribution in [0, 0.1) is 0 Å². The molecule has 0 aromatic carbocycles. The fourth-order valence-corrected chi connectivity index (χ4v) is 1.82. The van der Waals surface area contributed by atoms with Crippen LogP contribution >= 0.6 is 0 Å². The van der Waals surface area contributed by atoms with Gasteiger partial charge in [-0.15, -0.1) is 0 Å². The molecule has 0 spiro atoms. The van der Waals surface area contributed by atoms with E-state index in [-0.39, 0.29) is 11.7 Å². The maximum Gasteiger partial charge on any atom is 0.333 e. The third kappa shape index (κ3) is 3.59. The van der Waals surface area contributed by atoms with Crippen molar-refractivity contribution >= 4 is 5.91 Å². The van der Waals surface area contributed by atoms with Crippen molar-refractivity contribution in [2.75, 3.05) is 7.05 Å². The van der Waals surface area contributed by atoms with E-state index in [1.807, 2.05) is 6.92 Å². The van der Waals surface area contributed by atoms with Gasteiger partial charge in [0.25, 0.3) is 5.91 Å². The number of carbonyl (C=O) groups is 1. The predicted octanol–water partition coefficient (Wildman–Crippen LogP) is 1.77. The van der Waals surface area contributed by atoms with Gasteiger partial charge in [-0.2, -0.15) is 13.9 Å². The lowest BCUT2D eigenvalue weighted by Gasteiger charge is -2.23. The Labute approximate surface area is 120 Å². The van der Waals surface area contributed by atoms with Crippen LogP contribution in [0.5, 0.6) is 0 Å². The van der Waals surface area contributed by atoms with Gasteiger partial charge in [0.2, 0.25) is 0 Å². The Morgan fingerprint density at radius 3 is 2.76 bits per heavy atom. The van der Waals surface area contributed by atoms with E-state index in [1.165, 1.54) is 11.0 Å². The number of alkyl halides is 2. The minimum absolute atomic E-state index is 0.0104. The fourth-order valence-electron chi connectivity index (χ4n) is 1.82. The normalized spacial score (nSPS) is 12.4. The van der Waals surface area contributed by atoms with E-state index in [0.29, 0.717) is 11.1 Å². The first-order chi connectivity index (χ1) is 9.99. The van der Waals surface area contributed by atoms with Crippen LogP contribution < -0.4 is 0 Å². The molecule has 0 saturated carbocycles. The molecule has 2 rings (SSSR count). The number of hydrogen-bond acceptors (Lipinski definition) is 4. The summed E-state index contributed by atoms with van der Waals surface area (Å²) >= 11 is 0. The lowest BCUT2D eigenvalue weighted by atomic mass is 10.1. The van der Waals surface area contributed by atoms with E-state index in [9.17, 15) is 13.6 Å². The lowest BCUT2D eigenvalue weighted by molar-refractivity contribution is 0.0550. The van der Waals surface area contributed by atoms with E-state index in [2.05, 4.69) is 15.1 Å². The Hall–Kier alpha value is -2.38. The molecule has 0 aliphatic heterocycles. The van der Waals surface area contributed by atoms with E-state index in [4.69, 9.17) is 0 Å². The zero-order valence-corrected chi connectivity index (χ0v) is 11.6. The second-order valence-corrected chi connectivity index (χ2v) is 4.62. The van der Waals surface area contributed by atoms with Crippen LogP contribution in [0.1, 0.15) is 29.7 Å². The Morgan fingerprint density at radius 1 is 1.43 bits per heavy atom. The Balaban J connectivity index is 2.04. The van der Waals surface area contributed by atoms with Crippen molar-refractivity contribution in [3.05, 3.63) is 42.2 Å². The van der Waals surface area contributed by atoms with Gasteiger partial charge in [0.1, 0.15) is 0 Å². The SMILES string of the molecule is C[C@@H](Cc1cnccn1)N(C)C(=O)c1ccn(C(F)F)n1. The molecule has 8 heteroatoms. The number of carbonyl (C=O) groups excluding carboxylic acids is 1. The summed E-state index contributed by atoms with van der Waals surface area (Å²) in [7, 11) is 1.60. The summed E-state index contributed by atoms with van der Waals surface area (Å²) in [5, 5.41) is 3.57. The number of aromatic nitrogens is 4. The summed E-state index contributed by atoms with van der Waals surface area (Å²) in [4.78, 5) is 21.7. The minimum Gasteiger partial charge on any atom is -0.337 e. The van der Waals surface area contributed by atoms with Crippen LogP contribution in [0.15, 0.2) is 30.9 Å². The second-order valence-electron chi connectivity index (χ2n) is 4.62. The van der Waals surface area contributed by atoms with Gasteiger partial charge in [-0.25, -0.2) is 4.68 Å². The molecule has 1 atom stereocenters. The molecule has 0 fully saturated rings. The molecule has 1 amide bonds. The molecule has 0 radical (unpaired) electrons. The molecule has 2 heterocycles. The van der Waals surface area contributed by atoms with Crippen LogP contribution in [0.4, 0.5) is 8.78 Å². The van der Waals surface area contributed by atoms with Gasteiger partial charge in [0, 0.05) is 44.3 Å². The Morgan fingerprint density at radius 2 is 2.19 bits per heavy atom. The highest BCUT2D eigenvalue weighted by Crippen LogP contribution is 2.12. The Kier molecular flexibility index (Phi) is 4.56. The van der Waals surface area contributed by atoms with Gasteiger partial charge in [0.15, 0.2) is 5.69 Å². The molecule has 6 nitrogen and oxygen atoms in total. The minimum atomic E-state index is -2.76. The summed E-state index contributed by atoms with van der Waals surface area (Å²) in [5.41, 5.74) is 0.742. The van der Waals surface area contributed by atoms with Crippen LogP contribution in [-0.2, 0) is 6.42 Å². The quantitative estimate of drug-likeness (QED) is 0.843. The van der Waals surface area contributed by atoms with E-state index in [0.717, 1.165) is 11.9 Å². The number of rotatable bonds is 5. The standard InChI is InChI=1S/C13H15F2N5O/c1-9(7-10-8-16-4-5-17-10)19(2)12(21)11-3-6-20(18-11)13(14)15/h3-6,8-9,13H,7H2,1-2H3/t9-/m0/s1. The van der Waals surface area contributed by atoms with Crippen molar-refractivity contribution in [1.82, 2.24) is 24.6 Å². The van der Waals surface area contributed by atoms with Crippen molar-refractivity contribution in [3.63, 3.8) is 0 Å². The molecule has 0 unspecified atom stereocenters. The van der Waals surface area contributed by atoms with Gasteiger partial charge in [0.05, 0.1) is 5.69 Å². The van der Waals surface area contributed by atoms with Gasteiger partial charge in [-0.3, -0.25) is 14.8 Å². The molecule has 0 aliphatic rings. The number of halogens is 2. The summed E-state index contributed by atoms with van der Waals surface area (Å²) in [6, 6.07) is 1.12. The van der Waals surface area contributed by atoms with Crippen LogP contribution in [-0.4, -0.2) is 43.6 Å². The molecule has 2 aromatic heterocycles. The lowest BCUT2D eigenvalue weighted by Crippen LogP contribution is -2.37. The highest BCUT2D eigenvalue weighted by molar-refractivity contribution is 5.92. The zero-order chi connectivity index (χ0) is 15.4. The van der Waals surface area contributed by atoms with E-state index < -0.39 is 12.5 Å². The Bertz CT molecular complexity index is 602. The highest BCUT2D eigenvalue weighted by atomic mass is 19.3. The molecular weight excluding hydrogens is 280 g/mol. The van der Waals surface area contributed by atoms with Crippen LogP contribution in [0.2, 0.25) is 0 Å². The average molecular weight is 295 g/mol. The maximum atomic E-state index is 12.5. The third-order valence-corrected chi connectivity index (χ3v) is 3.13. The van der Waals surface area contributed by atoms with Crippen molar-refractivity contribution < 1.29 is 13.6 Å². The largest absolute Gasteiger partial charge is 0.337 e. The molecule has 21 heavy (non-hydrogen) atoms. The second kappa shape index (κ2) is 6.38. The number of hydrogen-bond donors (Lipinski definition) is 0. The number of amides is 1. The number of likely N-dealkylation sites (N-methyl/N-ethyl adjacent to an activating group) is 1. The summed E-state index contributed by atoms with van der Waals surface area (Å²) in [5.74, 6) is -0.411. The van der Waals surface area contributed by atoms with Gasteiger partial charge >= 0.3 is 6.55 Å². The summed E-state index contributed by atoms with van der Waals surface area (Å²) in [6.45, 7) is -0.912. The van der Waals surface area contributed by atoms with Crippen molar-refractivity contribution in [1.29, 1.82) is 0 Å². The first-order valence-corrected chi connectivity index (χ1v) is 6.34. The summed E-state index contributed by atoms with van der Waals surface area (Å²) < 4.78 is 25.4. The molecule has 112 valence electrons. The number of nitrogens with zero attached hydrogens (tertiary/aromatic N) is 5. The van der Waals surface area contributed by atoms with Crippen LogP contribution in [0.3, 0.4) is 0 Å². The predicted molar refractivity (Wildman–Crippen MR) is 70.8 cm³/mol. The van der Waals surface area contributed by atoms with Crippen LogP contribution in [0.25, 0.3) is 0 Å². The van der Waals surface area contributed by atoms with Gasteiger partial charge in [-0.1, -0.05) is 0 Å². The smallest absolute Gasteiger partial charge is 0.333 e. The van der Waals surface area contributed by atoms with Crippen molar-refractivity contribution in [2.24, 2.45) is 0 Å². The summed E-state index contributed by atoms with van der Waals surface area (Å²) in [6.07, 6.45) is 6.37. The molecule has 2 aromatic rings. The van der Waals surface area contributed by atoms with Gasteiger partial charge < -0.3 is 4.90 Å². The van der Waals surface area contributed by atoms with E-state index >= 15 is 0 Å². The van der Waals surface area contributed by atoms with Gasteiger partial charge in [-0.05, 0) is 13.0 Å². The van der Waals surface area contributed by atoms with Crippen molar-refractivity contribution in [3.8, 4) is 0 Å². The fraction of sp³-hybridized carbons (Fsp3) is 0.385. The molecule has 0 bridgehead atoms. The zero-order valence-electron chi connectivity index (χ0n) is 11.6. The van der Waals surface area contributed by atoms with Crippen molar-refractivity contribution in [2.45, 2.75) is 25.9 Å². The monoisotopic (exact) mass is 295 g/mol. The third-order valence-electron chi connectivity index (χ3n) is 3.13. The van der Waals surface area contributed by atoms with E-state index in [1.54, 1.807) is 25.6 Å². The maximum absolute atomic E-state index is 12.5. The highest BCUT2D eigenvalue weighted by Gasteiger charge is 2.21. The first kappa shape index (κ1) is 15.0. The average Bonchev–Trinajstić information content (AvgIpc) is 2.96. The first-order valence-electron chi connectivity index (χ1n) is 6.34. The topological polar surface area (TPSA) is 63.9 Å². The molecule has 0 saturated heterocycles. The molecular formula is C13H15F2N5O. The molecule has 0 N–H and O–H groups in total. The molecule has 0 aliphatic carbocycles.